The maximum absolute atomic E-state index is 9.46. The lowest BCUT2D eigenvalue weighted by Crippen LogP contribution is -2.37. The predicted molar refractivity (Wildman–Crippen MR) is 66.7 cm³/mol. The largest absolute Gasteiger partial charge is 0.396 e. The summed E-state index contributed by atoms with van der Waals surface area (Å²) in [7, 11) is 0. The molecule has 88 valence electrons. The molecule has 2 nitrogen and oxygen atoms in total. The molecule has 2 atom stereocenters. The van der Waals surface area contributed by atoms with E-state index in [0.29, 0.717) is 18.4 Å². The molecule has 1 fully saturated rings. The van der Waals surface area contributed by atoms with E-state index in [4.69, 9.17) is 0 Å². The van der Waals surface area contributed by atoms with Gasteiger partial charge in [-0.25, -0.2) is 0 Å². The van der Waals surface area contributed by atoms with Crippen molar-refractivity contribution in [3.63, 3.8) is 0 Å². The van der Waals surface area contributed by atoms with Gasteiger partial charge in [-0.2, -0.15) is 0 Å². The fraction of sp³-hybridized carbons (Fsp3) is 0.571. The van der Waals surface area contributed by atoms with Crippen molar-refractivity contribution < 1.29 is 5.11 Å². The van der Waals surface area contributed by atoms with Gasteiger partial charge in [0.25, 0.3) is 0 Å². The maximum atomic E-state index is 9.46. The topological polar surface area (TPSA) is 32.3 Å². The van der Waals surface area contributed by atoms with Gasteiger partial charge in [-0.1, -0.05) is 18.2 Å². The number of aliphatic hydroxyl groups is 1. The second-order valence-electron chi connectivity index (χ2n) is 4.83. The van der Waals surface area contributed by atoms with Crippen LogP contribution in [0.1, 0.15) is 29.0 Å². The Morgan fingerprint density at radius 3 is 2.94 bits per heavy atom. The summed E-state index contributed by atoms with van der Waals surface area (Å²) in [4.78, 5) is 0. The Balaban J connectivity index is 2.30. The van der Waals surface area contributed by atoms with Crippen LogP contribution >= 0.6 is 0 Å². The van der Waals surface area contributed by atoms with E-state index in [1.54, 1.807) is 0 Å². The van der Waals surface area contributed by atoms with E-state index < -0.39 is 0 Å². The number of rotatable bonds is 2. The van der Waals surface area contributed by atoms with E-state index >= 15 is 0 Å². The van der Waals surface area contributed by atoms with Gasteiger partial charge in [0.15, 0.2) is 0 Å². The van der Waals surface area contributed by atoms with Crippen LogP contribution in [0.25, 0.3) is 0 Å². The summed E-state index contributed by atoms with van der Waals surface area (Å²) >= 11 is 0. The van der Waals surface area contributed by atoms with Crippen molar-refractivity contribution in [1.82, 2.24) is 5.32 Å². The van der Waals surface area contributed by atoms with E-state index in [0.717, 1.165) is 19.5 Å². The van der Waals surface area contributed by atoms with Crippen LogP contribution in [-0.4, -0.2) is 24.8 Å². The minimum absolute atomic E-state index is 0.305. The van der Waals surface area contributed by atoms with Crippen LogP contribution in [0.4, 0.5) is 0 Å². The molecule has 0 spiro atoms. The molecule has 0 aromatic heterocycles. The van der Waals surface area contributed by atoms with Crippen LogP contribution in [0, 0.1) is 19.8 Å². The molecule has 0 amide bonds. The lowest BCUT2D eigenvalue weighted by atomic mass is 9.79. The highest BCUT2D eigenvalue weighted by atomic mass is 16.3. The first-order valence-corrected chi connectivity index (χ1v) is 6.11. The molecule has 2 heteroatoms. The molecule has 16 heavy (non-hydrogen) atoms. The van der Waals surface area contributed by atoms with Crippen molar-refractivity contribution in [2.45, 2.75) is 26.2 Å². The van der Waals surface area contributed by atoms with Crippen LogP contribution < -0.4 is 5.32 Å². The first-order valence-electron chi connectivity index (χ1n) is 6.11. The van der Waals surface area contributed by atoms with Crippen LogP contribution in [-0.2, 0) is 0 Å². The molecule has 1 aliphatic rings. The number of aliphatic hydroxyl groups excluding tert-OH is 1. The van der Waals surface area contributed by atoms with Crippen molar-refractivity contribution in [3.8, 4) is 0 Å². The molecule has 1 heterocycles. The Hall–Kier alpha value is -0.860. The van der Waals surface area contributed by atoms with E-state index in [1.807, 2.05) is 0 Å². The Morgan fingerprint density at radius 1 is 1.38 bits per heavy atom. The highest BCUT2D eigenvalue weighted by molar-refractivity contribution is 5.36. The molecule has 1 saturated heterocycles. The number of hydrogen-bond acceptors (Lipinski definition) is 2. The lowest BCUT2D eigenvalue weighted by Gasteiger charge is -2.32. The summed E-state index contributed by atoms with van der Waals surface area (Å²) in [5.74, 6) is 0.889. The fourth-order valence-corrected chi connectivity index (χ4v) is 2.67. The van der Waals surface area contributed by atoms with Crippen LogP contribution in [0.2, 0.25) is 0 Å². The molecule has 0 bridgehead atoms. The zero-order valence-electron chi connectivity index (χ0n) is 10.2. The molecule has 0 saturated carbocycles. The summed E-state index contributed by atoms with van der Waals surface area (Å²) in [6.07, 6.45) is 1.08. The number of aryl methyl sites for hydroxylation is 1. The van der Waals surface area contributed by atoms with Gasteiger partial charge in [0.1, 0.15) is 0 Å². The third-order valence-electron chi connectivity index (χ3n) is 3.91. The monoisotopic (exact) mass is 219 g/mol. The summed E-state index contributed by atoms with van der Waals surface area (Å²) in [6, 6.07) is 6.49. The number of hydrogen-bond donors (Lipinski definition) is 2. The van der Waals surface area contributed by atoms with Crippen molar-refractivity contribution >= 4 is 0 Å². The van der Waals surface area contributed by atoms with Gasteiger partial charge in [-0.05, 0) is 49.4 Å². The first kappa shape index (κ1) is 11.6. The normalized spacial score (nSPS) is 25.7. The van der Waals surface area contributed by atoms with Gasteiger partial charge >= 0.3 is 0 Å². The summed E-state index contributed by atoms with van der Waals surface area (Å²) in [5.41, 5.74) is 4.14. The SMILES string of the molecule is Cc1cccc(C2CNCCC2CO)c1C. The molecule has 2 unspecified atom stereocenters. The Kier molecular flexibility index (Phi) is 3.62. The lowest BCUT2D eigenvalue weighted by molar-refractivity contribution is 0.176. The first-order chi connectivity index (χ1) is 7.74. The fourth-order valence-electron chi connectivity index (χ4n) is 2.67. The van der Waals surface area contributed by atoms with Crippen molar-refractivity contribution in [1.29, 1.82) is 0 Å². The van der Waals surface area contributed by atoms with Gasteiger partial charge < -0.3 is 10.4 Å². The molecule has 0 aliphatic carbocycles. The number of benzene rings is 1. The smallest absolute Gasteiger partial charge is 0.0466 e. The standard InChI is InChI=1S/C14H21NO/c1-10-4-3-5-13(11(10)2)14-8-15-7-6-12(14)9-16/h3-5,12,14-16H,6-9H2,1-2H3. The molecule has 1 aromatic carbocycles. The number of nitrogens with one attached hydrogen (secondary N) is 1. The van der Waals surface area contributed by atoms with Crippen molar-refractivity contribution in [3.05, 3.63) is 34.9 Å². The second-order valence-corrected chi connectivity index (χ2v) is 4.83. The Labute approximate surface area is 97.7 Å². The van der Waals surface area contributed by atoms with Gasteiger partial charge in [-0.15, -0.1) is 0 Å². The van der Waals surface area contributed by atoms with Crippen LogP contribution in [0.5, 0.6) is 0 Å². The molecule has 1 aromatic rings. The second kappa shape index (κ2) is 4.98. The third kappa shape index (κ3) is 2.13. The Morgan fingerprint density at radius 2 is 2.19 bits per heavy atom. The van der Waals surface area contributed by atoms with E-state index in [1.165, 1.54) is 16.7 Å². The Bertz CT molecular complexity index is 362. The minimum Gasteiger partial charge on any atom is -0.396 e. The van der Waals surface area contributed by atoms with Crippen LogP contribution in [0.3, 0.4) is 0 Å². The summed E-state index contributed by atoms with van der Waals surface area (Å²) in [5, 5.41) is 12.9. The van der Waals surface area contributed by atoms with E-state index in [-0.39, 0.29) is 0 Å². The third-order valence-corrected chi connectivity index (χ3v) is 3.91. The van der Waals surface area contributed by atoms with E-state index in [2.05, 4.69) is 37.4 Å². The molecule has 2 rings (SSSR count). The molecular weight excluding hydrogens is 198 g/mol. The molecule has 0 radical (unpaired) electrons. The van der Waals surface area contributed by atoms with Crippen molar-refractivity contribution in [2.24, 2.45) is 5.92 Å². The quantitative estimate of drug-likeness (QED) is 0.797. The van der Waals surface area contributed by atoms with Gasteiger partial charge in [0.05, 0.1) is 0 Å². The average Bonchev–Trinajstić information content (AvgIpc) is 2.33. The van der Waals surface area contributed by atoms with Crippen LogP contribution in [0.15, 0.2) is 18.2 Å². The minimum atomic E-state index is 0.305. The summed E-state index contributed by atoms with van der Waals surface area (Å²) < 4.78 is 0. The van der Waals surface area contributed by atoms with Gasteiger partial charge in [0, 0.05) is 19.1 Å². The zero-order valence-corrected chi connectivity index (χ0v) is 10.2. The predicted octanol–water partition coefficient (Wildman–Crippen LogP) is 1.99. The van der Waals surface area contributed by atoms with Gasteiger partial charge in [-0.3, -0.25) is 0 Å². The molecule has 2 N–H and O–H groups in total. The number of piperidine rings is 1. The maximum Gasteiger partial charge on any atom is 0.0466 e. The van der Waals surface area contributed by atoms with E-state index in [9.17, 15) is 5.11 Å². The van der Waals surface area contributed by atoms with Crippen molar-refractivity contribution in [2.75, 3.05) is 19.7 Å². The zero-order chi connectivity index (χ0) is 11.5. The molecule has 1 aliphatic heterocycles. The highest BCUT2D eigenvalue weighted by Crippen LogP contribution is 2.31. The van der Waals surface area contributed by atoms with Gasteiger partial charge in [0.2, 0.25) is 0 Å². The average molecular weight is 219 g/mol. The molecular formula is C14H21NO. The highest BCUT2D eigenvalue weighted by Gasteiger charge is 2.26. The summed E-state index contributed by atoms with van der Waals surface area (Å²) in [6.45, 7) is 6.68.